The van der Waals surface area contributed by atoms with Gasteiger partial charge in [-0.2, -0.15) is 10.2 Å². The van der Waals surface area contributed by atoms with E-state index in [1.807, 2.05) is 55.8 Å². The lowest BCUT2D eigenvalue weighted by atomic mass is 9.66. The van der Waals surface area contributed by atoms with Crippen LogP contribution in [-0.2, 0) is 24.1 Å². The molecule has 2 fully saturated rings. The molecule has 4 atom stereocenters. The number of aromatic amines is 1. The summed E-state index contributed by atoms with van der Waals surface area (Å²) in [4.78, 5) is 13.0. The molecular formula is C48H52N8O2S. The molecule has 10 nitrogen and oxygen atoms in total. The number of allylic oxidation sites excluding steroid dienone is 4. The Bertz CT molecular complexity index is 3000. The van der Waals surface area contributed by atoms with E-state index in [9.17, 15) is 8.42 Å². The highest BCUT2D eigenvalue weighted by molar-refractivity contribution is 7.90. The van der Waals surface area contributed by atoms with Crippen molar-refractivity contribution in [2.45, 2.75) is 72.1 Å². The number of fused-ring (bicyclic) bond motifs is 6. The lowest BCUT2D eigenvalue weighted by Gasteiger charge is -2.37. The van der Waals surface area contributed by atoms with Crippen molar-refractivity contribution in [3.8, 4) is 22.3 Å². The van der Waals surface area contributed by atoms with Crippen molar-refractivity contribution in [3.05, 3.63) is 115 Å². The molecule has 6 aromatic heterocycles. The van der Waals surface area contributed by atoms with Gasteiger partial charge in [0.05, 0.1) is 17.3 Å². The molecule has 4 aliphatic rings. The van der Waals surface area contributed by atoms with Gasteiger partial charge in [-0.25, -0.2) is 22.4 Å². The zero-order valence-electron chi connectivity index (χ0n) is 35.2. The van der Waals surface area contributed by atoms with Crippen LogP contribution in [-0.4, -0.2) is 46.9 Å². The van der Waals surface area contributed by atoms with E-state index in [1.54, 1.807) is 41.3 Å². The molecule has 0 amide bonds. The quantitative estimate of drug-likeness (QED) is 0.179. The first-order valence-corrected chi connectivity index (χ1v) is 22.2. The minimum Gasteiger partial charge on any atom is -0.346 e. The summed E-state index contributed by atoms with van der Waals surface area (Å²) < 4.78 is 32.0. The van der Waals surface area contributed by atoms with Crippen molar-refractivity contribution in [2.24, 2.45) is 47.6 Å². The number of H-pyrrole nitrogens is 1. The van der Waals surface area contributed by atoms with Crippen molar-refractivity contribution in [2.75, 3.05) is 0 Å². The predicted molar refractivity (Wildman–Crippen MR) is 234 cm³/mol. The van der Waals surface area contributed by atoms with Gasteiger partial charge in [0.2, 0.25) is 0 Å². The number of nitrogens with zero attached hydrogens (tertiary/aromatic N) is 7. The molecule has 11 rings (SSSR count). The summed E-state index contributed by atoms with van der Waals surface area (Å²) >= 11 is 0. The molecule has 0 saturated heterocycles. The zero-order valence-corrected chi connectivity index (χ0v) is 36.0. The minimum atomic E-state index is -3.80. The predicted octanol–water partition coefficient (Wildman–Crippen LogP) is 10.3. The highest BCUT2D eigenvalue weighted by Gasteiger charge is 2.58. The molecule has 1 aromatic carbocycles. The largest absolute Gasteiger partial charge is 0.346 e. The van der Waals surface area contributed by atoms with Crippen LogP contribution < -0.4 is 0 Å². The Morgan fingerprint density at radius 2 is 1.20 bits per heavy atom. The molecule has 2 unspecified atom stereocenters. The summed E-state index contributed by atoms with van der Waals surface area (Å²) in [5.74, 6) is 1.25. The average Bonchev–Trinajstić information content (AvgIpc) is 4.10. The first-order chi connectivity index (χ1) is 28.0. The number of pyridine rings is 2. The van der Waals surface area contributed by atoms with Gasteiger partial charge in [-0.05, 0) is 106 Å². The van der Waals surface area contributed by atoms with Crippen molar-refractivity contribution in [3.63, 3.8) is 0 Å². The lowest BCUT2D eigenvalue weighted by molar-refractivity contribution is 0.189. The molecule has 4 aliphatic carbocycles. The molecule has 11 heteroatoms. The van der Waals surface area contributed by atoms with Crippen LogP contribution in [0.1, 0.15) is 78.4 Å². The Morgan fingerprint density at radius 1 is 0.661 bits per heavy atom. The van der Waals surface area contributed by atoms with Gasteiger partial charge in [0.1, 0.15) is 5.65 Å². The third kappa shape index (κ3) is 5.38. The van der Waals surface area contributed by atoms with Gasteiger partial charge in [-0.1, -0.05) is 71.9 Å². The number of nitrogens with one attached hydrogen (secondary N) is 1. The molecule has 59 heavy (non-hydrogen) atoms. The van der Waals surface area contributed by atoms with Gasteiger partial charge in [0.15, 0.2) is 5.65 Å². The summed E-state index contributed by atoms with van der Waals surface area (Å²) in [6, 6.07) is 12.9. The Balaban J connectivity index is 0.000000149. The topological polar surface area (TPSA) is 116 Å². The van der Waals surface area contributed by atoms with Crippen molar-refractivity contribution < 1.29 is 8.42 Å². The maximum Gasteiger partial charge on any atom is 0.269 e. The number of aryl methyl sites for hydroxylation is 2. The van der Waals surface area contributed by atoms with Crippen molar-refractivity contribution >= 4 is 43.2 Å². The van der Waals surface area contributed by atoms with Gasteiger partial charge in [-0.3, -0.25) is 9.36 Å². The lowest BCUT2D eigenvalue weighted by Crippen LogP contribution is -2.29. The SMILES string of the molecule is Cn1cc(-c2c[nH]c3ncc(C4=CC5CC[C@]4(C)C5(C)C)cc23)cn1.Cn1cc(-c2cn(S(=O)(=O)c3ccccc3)c3ncc(C4=CC5CC[C@]4(C)C5(C)C)cc23)cn1. The summed E-state index contributed by atoms with van der Waals surface area (Å²) in [7, 11) is 0.00214. The monoisotopic (exact) mass is 804 g/mol. The van der Waals surface area contributed by atoms with E-state index in [0.717, 1.165) is 39.7 Å². The molecule has 6 heterocycles. The molecule has 0 aliphatic heterocycles. The summed E-state index contributed by atoms with van der Waals surface area (Å²) in [5.41, 5.74) is 11.4. The van der Waals surface area contributed by atoms with E-state index >= 15 is 0 Å². The Hall–Kier alpha value is -5.55. The van der Waals surface area contributed by atoms with Crippen LogP contribution in [0.4, 0.5) is 0 Å². The van der Waals surface area contributed by atoms with E-state index in [2.05, 4.69) is 87.2 Å². The number of rotatable bonds is 6. The van der Waals surface area contributed by atoms with Crippen LogP contribution in [0.2, 0.25) is 0 Å². The van der Waals surface area contributed by atoms with Crippen molar-refractivity contribution in [1.29, 1.82) is 0 Å². The highest BCUT2D eigenvalue weighted by Crippen LogP contribution is 2.68. The average molecular weight is 805 g/mol. The van der Waals surface area contributed by atoms with Crippen LogP contribution in [0.25, 0.3) is 55.5 Å². The van der Waals surface area contributed by atoms with Crippen LogP contribution in [0.15, 0.2) is 109 Å². The van der Waals surface area contributed by atoms with Gasteiger partial charge in [0, 0.05) is 84.3 Å². The fourth-order valence-electron chi connectivity index (χ4n) is 11.1. The Morgan fingerprint density at radius 3 is 1.71 bits per heavy atom. The summed E-state index contributed by atoms with van der Waals surface area (Å²) in [6.45, 7) is 14.4. The zero-order chi connectivity index (χ0) is 41.3. The fraction of sp³-hybridized carbons (Fsp3) is 0.375. The first kappa shape index (κ1) is 37.7. The minimum absolute atomic E-state index is 0.0835. The maximum absolute atomic E-state index is 13.6. The Labute approximate surface area is 346 Å². The number of aromatic nitrogens is 8. The highest BCUT2D eigenvalue weighted by atomic mass is 32.2. The molecule has 0 radical (unpaired) electrons. The van der Waals surface area contributed by atoms with Crippen molar-refractivity contribution in [1.82, 2.24) is 38.5 Å². The Kier molecular flexibility index (Phi) is 8.13. The second-order valence-corrected chi connectivity index (χ2v) is 20.8. The van der Waals surface area contributed by atoms with Crippen LogP contribution >= 0.6 is 0 Å². The molecular weight excluding hydrogens is 753 g/mol. The fourth-order valence-corrected chi connectivity index (χ4v) is 12.4. The van der Waals surface area contributed by atoms with E-state index in [4.69, 9.17) is 9.97 Å². The maximum atomic E-state index is 13.6. The van der Waals surface area contributed by atoms with Crippen LogP contribution in [0.5, 0.6) is 0 Å². The molecule has 1 N–H and O–H groups in total. The molecule has 302 valence electrons. The number of hydrogen-bond acceptors (Lipinski definition) is 6. The number of benzene rings is 1. The third-order valence-corrected chi connectivity index (χ3v) is 17.3. The third-order valence-electron chi connectivity index (χ3n) is 15.6. The standard InChI is InChI=1S/C27H28N4O2S.C21H24N4/c1-26(2)20-10-11-27(26,3)24(13-20)18-12-22-23(19-15-29-30(4)16-19)17-31(25(22)28-14-18)34(32,33)21-8-6-5-7-9-21;1-20(2)15-5-6-21(20,3)18(8-15)13-7-16-17(11-23-19(16)22-9-13)14-10-24-25(4)12-14/h5-9,12-17,20H,10-11H2,1-4H3;7-12,15H,5-6H2,1-4H3,(H,22,23)/t20?,27-;15?,21-/m00/s1. The van der Waals surface area contributed by atoms with E-state index in [-0.39, 0.29) is 21.1 Å². The molecule has 4 bridgehead atoms. The van der Waals surface area contributed by atoms with E-state index in [0.29, 0.717) is 22.9 Å². The van der Waals surface area contributed by atoms with Crippen LogP contribution in [0.3, 0.4) is 0 Å². The van der Waals surface area contributed by atoms with Gasteiger partial charge in [-0.15, -0.1) is 0 Å². The smallest absolute Gasteiger partial charge is 0.269 e. The molecule has 0 spiro atoms. The van der Waals surface area contributed by atoms with Gasteiger partial charge in [0.25, 0.3) is 10.0 Å². The molecule has 2 saturated carbocycles. The summed E-state index contributed by atoms with van der Waals surface area (Å²) in [6.07, 6.45) is 25.2. The normalized spacial score (nSPS) is 25.1. The van der Waals surface area contributed by atoms with E-state index < -0.39 is 10.0 Å². The van der Waals surface area contributed by atoms with Gasteiger partial charge >= 0.3 is 0 Å². The number of hydrogen-bond donors (Lipinski definition) is 1. The van der Waals surface area contributed by atoms with Gasteiger partial charge < -0.3 is 4.98 Å². The second-order valence-electron chi connectivity index (χ2n) is 18.9. The molecule has 7 aromatic rings. The first-order valence-electron chi connectivity index (χ1n) is 20.8. The van der Waals surface area contributed by atoms with Crippen LogP contribution in [0, 0.1) is 33.5 Å². The summed E-state index contributed by atoms with van der Waals surface area (Å²) in [5, 5.41) is 10.6. The second kappa shape index (κ2) is 12.7. The van der Waals surface area contributed by atoms with E-state index in [1.165, 1.54) is 50.9 Å².